The third-order valence-corrected chi connectivity index (χ3v) is 1.93. The van der Waals surface area contributed by atoms with Gasteiger partial charge in [-0.3, -0.25) is 0 Å². The molecule has 18 heavy (non-hydrogen) atoms. The van der Waals surface area contributed by atoms with Crippen molar-refractivity contribution < 1.29 is 21.7 Å². The lowest BCUT2D eigenvalue weighted by Gasteiger charge is -1.94. The first-order valence-electron chi connectivity index (χ1n) is 4.72. The van der Waals surface area contributed by atoms with Crippen LogP contribution in [0.25, 0.3) is 15.7 Å². The maximum absolute atomic E-state index is 12.8. The van der Waals surface area contributed by atoms with E-state index in [1.54, 1.807) is 18.2 Å². The summed E-state index contributed by atoms with van der Waals surface area (Å²) in [4.78, 5) is 3.07. The molecule has 0 spiro atoms. The summed E-state index contributed by atoms with van der Waals surface area (Å²) in [7, 11) is -6.00. The van der Waals surface area contributed by atoms with Gasteiger partial charge in [-0.2, -0.15) is 0 Å². The van der Waals surface area contributed by atoms with Crippen LogP contribution >= 0.6 is 0 Å². The molecule has 94 valence electrons. The lowest BCUT2D eigenvalue weighted by Crippen LogP contribution is -2.02. The lowest BCUT2D eigenvalue weighted by molar-refractivity contribution is 0.368. The van der Waals surface area contributed by atoms with Gasteiger partial charge in [0.1, 0.15) is 5.82 Å². The van der Waals surface area contributed by atoms with Gasteiger partial charge in [0, 0.05) is 6.07 Å². The zero-order valence-corrected chi connectivity index (χ0v) is 8.83. The van der Waals surface area contributed by atoms with Crippen molar-refractivity contribution in [3.05, 3.63) is 47.2 Å². The summed E-state index contributed by atoms with van der Waals surface area (Å²) in [6, 6.07) is 9.60. The van der Waals surface area contributed by atoms with E-state index in [0.717, 1.165) is 5.39 Å². The predicted octanol–water partition coefficient (Wildman–Crippen LogP) is 4.76. The molecule has 2 aromatic rings. The van der Waals surface area contributed by atoms with E-state index in [1.807, 2.05) is 6.07 Å². The molecule has 0 aromatic heterocycles. The van der Waals surface area contributed by atoms with E-state index in [9.17, 15) is 21.7 Å². The molecule has 2 aromatic carbocycles. The Bertz CT molecular complexity index is 585. The average molecular weight is 260 g/mol. The highest BCUT2D eigenvalue weighted by atomic mass is 19.5. The number of fused-ring (bicyclic) bond motifs is 1. The highest BCUT2D eigenvalue weighted by molar-refractivity contribution is 6.50. The van der Waals surface area contributed by atoms with Crippen LogP contribution in [0.1, 0.15) is 0 Å². The number of benzene rings is 2. The maximum atomic E-state index is 12.8. The third-order valence-electron chi connectivity index (χ3n) is 1.93. The Morgan fingerprint density at radius 3 is 2.17 bits per heavy atom. The maximum Gasteiger partial charge on any atom is 0.673 e. The van der Waals surface area contributed by atoms with Gasteiger partial charge in [-0.1, -0.05) is 18.2 Å². The molecule has 2 nitrogen and oxygen atoms in total. The minimum atomic E-state index is -6.00. The monoisotopic (exact) mass is 260 g/mol. The molecule has 0 atom stereocenters. The standard InChI is InChI=1S/C10H6FN2.BF4/c11-8-5-4-7-2-1-3-10(13-12)9(7)6-8;2-1(3,4)5/h1-6H;/q+1;-1. The Morgan fingerprint density at radius 2 is 1.61 bits per heavy atom. The SMILES string of the molecule is F[B-](F)(F)F.N#[N+]c1cccc2ccc(F)cc12. The molecule has 0 fully saturated rings. The molecule has 8 heteroatoms. The van der Waals surface area contributed by atoms with Crippen molar-refractivity contribution in [1.82, 2.24) is 0 Å². The molecule has 0 saturated carbocycles. The topological polar surface area (TPSA) is 28.1 Å². The van der Waals surface area contributed by atoms with Gasteiger partial charge in [0.15, 0.2) is 4.98 Å². The Morgan fingerprint density at radius 1 is 1.00 bits per heavy atom. The highest BCUT2D eigenvalue weighted by Crippen LogP contribution is 2.26. The van der Waals surface area contributed by atoms with Crippen molar-refractivity contribution in [2.45, 2.75) is 0 Å². The van der Waals surface area contributed by atoms with Crippen LogP contribution in [0.2, 0.25) is 0 Å². The quantitative estimate of drug-likeness (QED) is 0.381. The van der Waals surface area contributed by atoms with Gasteiger partial charge < -0.3 is 17.3 Å². The molecular weight excluding hydrogens is 254 g/mol. The van der Waals surface area contributed by atoms with Crippen LogP contribution in [-0.4, -0.2) is 7.25 Å². The largest absolute Gasteiger partial charge is 0.673 e. The van der Waals surface area contributed by atoms with E-state index in [1.165, 1.54) is 12.1 Å². The molecule has 0 aliphatic rings. The summed E-state index contributed by atoms with van der Waals surface area (Å²) in [5.41, 5.74) is 0.386. The van der Waals surface area contributed by atoms with Gasteiger partial charge in [0.2, 0.25) is 5.39 Å². The Balaban J connectivity index is 0.000000280. The fraction of sp³-hybridized carbons (Fsp3) is 0. The molecule has 0 amide bonds. The van der Waals surface area contributed by atoms with Crippen molar-refractivity contribution in [2.75, 3.05) is 0 Å². The third kappa shape index (κ3) is 4.37. The van der Waals surface area contributed by atoms with Crippen molar-refractivity contribution in [1.29, 1.82) is 5.39 Å². The van der Waals surface area contributed by atoms with Crippen LogP contribution in [0, 0.1) is 11.2 Å². The van der Waals surface area contributed by atoms with Crippen LogP contribution in [-0.2, 0) is 0 Å². The van der Waals surface area contributed by atoms with Gasteiger partial charge in [-0.25, -0.2) is 4.39 Å². The Hall–Kier alpha value is -2.17. The van der Waals surface area contributed by atoms with Gasteiger partial charge in [0.05, 0.1) is 5.39 Å². The first-order chi connectivity index (χ1) is 8.31. The minimum absolute atomic E-state index is 0.330. The molecular formula is C10H6BF5N2. The van der Waals surface area contributed by atoms with Gasteiger partial charge in [0.25, 0.3) is 0 Å². The average Bonchev–Trinajstić information content (AvgIpc) is 2.26. The summed E-state index contributed by atoms with van der Waals surface area (Å²) in [5.74, 6) is -0.330. The van der Waals surface area contributed by atoms with Crippen molar-refractivity contribution in [3.8, 4) is 0 Å². The molecule has 2 rings (SSSR count). The fourth-order valence-corrected chi connectivity index (χ4v) is 1.32. The second-order valence-corrected chi connectivity index (χ2v) is 3.24. The van der Waals surface area contributed by atoms with Crippen molar-refractivity contribution >= 4 is 23.7 Å². The molecule has 0 aliphatic carbocycles. The second kappa shape index (κ2) is 5.45. The minimum Gasteiger partial charge on any atom is -0.418 e. The number of hydrogen-bond acceptors (Lipinski definition) is 1. The van der Waals surface area contributed by atoms with Crippen LogP contribution in [0.15, 0.2) is 36.4 Å². The van der Waals surface area contributed by atoms with E-state index < -0.39 is 7.25 Å². The summed E-state index contributed by atoms with van der Waals surface area (Å²) < 4.78 is 51.8. The second-order valence-electron chi connectivity index (χ2n) is 3.24. The fourth-order valence-electron chi connectivity index (χ4n) is 1.32. The molecule has 0 radical (unpaired) electrons. The number of rotatable bonds is 0. The molecule has 0 N–H and O–H groups in total. The molecule has 0 bridgehead atoms. The normalized spacial score (nSPS) is 10.4. The van der Waals surface area contributed by atoms with Crippen LogP contribution < -0.4 is 0 Å². The first kappa shape index (κ1) is 13.9. The van der Waals surface area contributed by atoms with Crippen LogP contribution in [0.3, 0.4) is 0 Å². The van der Waals surface area contributed by atoms with Gasteiger partial charge >= 0.3 is 12.9 Å². The van der Waals surface area contributed by atoms with E-state index in [-0.39, 0.29) is 5.82 Å². The number of nitrogens with zero attached hydrogens (tertiary/aromatic N) is 2. The zero-order valence-electron chi connectivity index (χ0n) is 8.83. The van der Waals surface area contributed by atoms with Crippen LogP contribution in [0.4, 0.5) is 27.3 Å². The van der Waals surface area contributed by atoms with Gasteiger partial charge in [-0.15, -0.1) is 0 Å². The summed E-state index contributed by atoms with van der Waals surface area (Å²) in [6.45, 7) is 0. The Labute approximate surface area is 98.8 Å². The Kier molecular flexibility index (Phi) is 4.20. The molecule has 0 saturated heterocycles. The smallest absolute Gasteiger partial charge is 0.418 e. The van der Waals surface area contributed by atoms with E-state index >= 15 is 0 Å². The van der Waals surface area contributed by atoms with Crippen LogP contribution in [0.5, 0.6) is 0 Å². The number of halogens is 5. The molecule has 0 unspecified atom stereocenters. The predicted molar refractivity (Wildman–Crippen MR) is 58.8 cm³/mol. The molecule has 0 aliphatic heterocycles. The zero-order chi connectivity index (χ0) is 13.8. The van der Waals surface area contributed by atoms with Crippen molar-refractivity contribution in [3.63, 3.8) is 0 Å². The summed E-state index contributed by atoms with van der Waals surface area (Å²) in [5, 5.41) is 10.1. The van der Waals surface area contributed by atoms with E-state index in [4.69, 9.17) is 5.39 Å². The first-order valence-corrected chi connectivity index (χ1v) is 4.72. The molecule has 0 heterocycles. The van der Waals surface area contributed by atoms with E-state index in [0.29, 0.717) is 11.1 Å². The number of hydrogen-bond donors (Lipinski definition) is 0. The van der Waals surface area contributed by atoms with Crippen molar-refractivity contribution in [2.24, 2.45) is 0 Å². The number of diazo groups is 1. The van der Waals surface area contributed by atoms with E-state index in [2.05, 4.69) is 4.98 Å². The summed E-state index contributed by atoms with van der Waals surface area (Å²) in [6.07, 6.45) is 0. The lowest BCUT2D eigenvalue weighted by atomic mass is 10.1. The summed E-state index contributed by atoms with van der Waals surface area (Å²) >= 11 is 0. The van der Waals surface area contributed by atoms with Gasteiger partial charge in [-0.05, 0) is 17.5 Å². The highest BCUT2D eigenvalue weighted by Gasteiger charge is 2.20.